The van der Waals surface area contributed by atoms with Gasteiger partial charge in [0.25, 0.3) is 0 Å². The van der Waals surface area contributed by atoms with Crippen LogP contribution in [0.15, 0.2) is 24.3 Å². The molecule has 2 rings (SSSR count). The maximum absolute atomic E-state index is 11.6. The van der Waals surface area contributed by atoms with E-state index in [0.29, 0.717) is 6.54 Å². The van der Waals surface area contributed by atoms with Gasteiger partial charge in [-0.15, -0.1) is 0 Å². The maximum Gasteiger partial charge on any atom is 0.330 e. The second kappa shape index (κ2) is 5.73. The van der Waals surface area contributed by atoms with Gasteiger partial charge in [-0.25, -0.2) is 4.79 Å². The van der Waals surface area contributed by atoms with Crippen LogP contribution in [-0.2, 0) is 20.7 Å². The largest absolute Gasteiger partial charge is 0.467 e. The number of piperazine rings is 1. The Bertz CT molecular complexity index is 470. The average Bonchev–Trinajstić information content (AvgIpc) is 2.45. The second-order valence-corrected chi connectivity index (χ2v) is 4.54. The van der Waals surface area contributed by atoms with Crippen LogP contribution in [0.25, 0.3) is 0 Å². The van der Waals surface area contributed by atoms with Gasteiger partial charge in [0, 0.05) is 12.2 Å². The molecule has 102 valence electrons. The molecule has 1 aliphatic rings. The lowest BCUT2D eigenvalue weighted by atomic mass is 10.1. The van der Waals surface area contributed by atoms with Gasteiger partial charge in [0.15, 0.2) is 0 Å². The summed E-state index contributed by atoms with van der Waals surface area (Å²) in [5.74, 6) is -0.579. The number of anilines is 1. The van der Waals surface area contributed by atoms with Crippen molar-refractivity contribution < 1.29 is 14.3 Å². The molecule has 1 amide bonds. The second-order valence-electron chi connectivity index (χ2n) is 4.54. The molecule has 1 atom stereocenters. The fraction of sp³-hybridized carbons (Fsp3) is 0.429. The molecular formula is C14H18N2O3. The smallest absolute Gasteiger partial charge is 0.330 e. The van der Waals surface area contributed by atoms with Crippen molar-refractivity contribution in [3.63, 3.8) is 0 Å². The lowest BCUT2D eigenvalue weighted by molar-refractivity contribution is -0.145. The Hall–Kier alpha value is -2.04. The maximum atomic E-state index is 11.6. The fourth-order valence-corrected chi connectivity index (χ4v) is 2.16. The van der Waals surface area contributed by atoms with Gasteiger partial charge < -0.3 is 15.0 Å². The zero-order valence-electron chi connectivity index (χ0n) is 11.2. The zero-order chi connectivity index (χ0) is 13.8. The lowest BCUT2D eigenvalue weighted by Crippen LogP contribution is -2.57. The summed E-state index contributed by atoms with van der Waals surface area (Å²) in [5, 5.41) is 2.63. The van der Waals surface area contributed by atoms with Gasteiger partial charge in [-0.3, -0.25) is 4.79 Å². The molecule has 1 aromatic rings. The predicted molar refractivity (Wildman–Crippen MR) is 72.0 cm³/mol. The fourth-order valence-electron chi connectivity index (χ4n) is 2.16. The monoisotopic (exact) mass is 262 g/mol. The lowest BCUT2D eigenvalue weighted by Gasteiger charge is -2.33. The van der Waals surface area contributed by atoms with E-state index in [2.05, 4.69) is 17.0 Å². The zero-order valence-corrected chi connectivity index (χ0v) is 11.2. The van der Waals surface area contributed by atoms with E-state index in [0.717, 1.165) is 12.1 Å². The number of amides is 1. The minimum Gasteiger partial charge on any atom is -0.467 e. The van der Waals surface area contributed by atoms with Gasteiger partial charge >= 0.3 is 5.97 Å². The molecule has 1 heterocycles. The molecule has 1 aromatic carbocycles. The van der Waals surface area contributed by atoms with Crippen LogP contribution in [-0.4, -0.2) is 38.1 Å². The number of aryl methyl sites for hydroxylation is 1. The number of hydrogen-bond donors (Lipinski definition) is 1. The number of esters is 1. The molecule has 1 aliphatic heterocycles. The SMILES string of the molecule is CCc1ccc(N2CC(=O)NC(C(=O)OC)C2)cc1. The highest BCUT2D eigenvalue weighted by Gasteiger charge is 2.30. The normalized spacial score (nSPS) is 18.9. The first kappa shape index (κ1) is 13.4. The minimum absolute atomic E-state index is 0.166. The van der Waals surface area contributed by atoms with Crippen LogP contribution in [0.3, 0.4) is 0 Å². The quantitative estimate of drug-likeness (QED) is 0.816. The number of benzene rings is 1. The molecule has 0 aromatic heterocycles. The van der Waals surface area contributed by atoms with E-state index in [4.69, 9.17) is 0 Å². The summed E-state index contributed by atoms with van der Waals surface area (Å²) in [6, 6.07) is 7.43. The van der Waals surface area contributed by atoms with Crippen molar-refractivity contribution in [1.82, 2.24) is 5.32 Å². The third-order valence-corrected chi connectivity index (χ3v) is 3.27. The Labute approximate surface area is 112 Å². The molecule has 1 N–H and O–H groups in total. The first-order chi connectivity index (χ1) is 9.13. The number of hydrogen-bond acceptors (Lipinski definition) is 4. The van der Waals surface area contributed by atoms with Crippen LogP contribution in [0.2, 0.25) is 0 Å². The standard InChI is InChI=1S/C14H18N2O3/c1-3-10-4-6-11(7-5-10)16-8-12(14(18)19-2)15-13(17)9-16/h4-7,12H,3,8-9H2,1-2H3,(H,15,17). The Kier molecular flexibility index (Phi) is 4.04. The average molecular weight is 262 g/mol. The van der Waals surface area contributed by atoms with Gasteiger partial charge in [-0.1, -0.05) is 19.1 Å². The van der Waals surface area contributed by atoms with Crippen LogP contribution >= 0.6 is 0 Å². The van der Waals surface area contributed by atoms with Crippen molar-refractivity contribution in [2.24, 2.45) is 0 Å². The number of carbonyl (C=O) groups is 2. The van der Waals surface area contributed by atoms with Crippen molar-refractivity contribution in [3.8, 4) is 0 Å². The summed E-state index contributed by atoms with van der Waals surface area (Å²) in [5.41, 5.74) is 2.19. The van der Waals surface area contributed by atoms with Gasteiger partial charge in [0.05, 0.1) is 13.7 Å². The molecule has 5 heteroatoms. The molecule has 1 saturated heterocycles. The highest BCUT2D eigenvalue weighted by atomic mass is 16.5. The van der Waals surface area contributed by atoms with E-state index >= 15 is 0 Å². The van der Waals surface area contributed by atoms with Crippen molar-refractivity contribution in [3.05, 3.63) is 29.8 Å². The number of ether oxygens (including phenoxy) is 1. The van der Waals surface area contributed by atoms with Crippen molar-refractivity contribution >= 4 is 17.6 Å². The molecule has 0 bridgehead atoms. The van der Waals surface area contributed by atoms with E-state index in [1.807, 2.05) is 29.2 Å². The van der Waals surface area contributed by atoms with E-state index < -0.39 is 12.0 Å². The molecule has 0 aliphatic carbocycles. The summed E-state index contributed by atoms with van der Waals surface area (Å²) in [6.07, 6.45) is 0.978. The van der Waals surface area contributed by atoms with Gasteiger partial charge in [0.1, 0.15) is 6.04 Å². The number of rotatable bonds is 3. The molecule has 1 fully saturated rings. The number of nitrogens with zero attached hydrogens (tertiary/aromatic N) is 1. The van der Waals surface area contributed by atoms with E-state index in [-0.39, 0.29) is 12.5 Å². The van der Waals surface area contributed by atoms with Gasteiger partial charge in [-0.05, 0) is 24.1 Å². The first-order valence-corrected chi connectivity index (χ1v) is 6.35. The van der Waals surface area contributed by atoms with Crippen molar-refractivity contribution in [2.45, 2.75) is 19.4 Å². The van der Waals surface area contributed by atoms with E-state index in [9.17, 15) is 9.59 Å². The molecular weight excluding hydrogens is 244 g/mol. The summed E-state index contributed by atoms with van der Waals surface area (Å²) in [6.45, 7) is 2.79. The highest BCUT2D eigenvalue weighted by molar-refractivity contribution is 5.89. The minimum atomic E-state index is -0.600. The predicted octanol–water partition coefficient (Wildman–Crippen LogP) is 0.727. The Morgan fingerprint density at radius 3 is 2.68 bits per heavy atom. The molecule has 0 radical (unpaired) electrons. The van der Waals surface area contributed by atoms with Crippen LogP contribution in [0.4, 0.5) is 5.69 Å². The van der Waals surface area contributed by atoms with E-state index in [1.54, 1.807) is 0 Å². The highest BCUT2D eigenvalue weighted by Crippen LogP contribution is 2.17. The van der Waals surface area contributed by atoms with Crippen LogP contribution in [0.5, 0.6) is 0 Å². The van der Waals surface area contributed by atoms with Crippen LogP contribution in [0, 0.1) is 0 Å². The molecule has 0 saturated carbocycles. The first-order valence-electron chi connectivity index (χ1n) is 6.35. The Balaban J connectivity index is 2.14. The van der Waals surface area contributed by atoms with Crippen LogP contribution < -0.4 is 10.2 Å². The molecule has 5 nitrogen and oxygen atoms in total. The molecule has 1 unspecified atom stereocenters. The Morgan fingerprint density at radius 2 is 2.11 bits per heavy atom. The summed E-state index contributed by atoms with van der Waals surface area (Å²) < 4.78 is 4.68. The van der Waals surface area contributed by atoms with Crippen molar-refractivity contribution in [1.29, 1.82) is 0 Å². The van der Waals surface area contributed by atoms with E-state index in [1.165, 1.54) is 12.7 Å². The summed E-state index contributed by atoms with van der Waals surface area (Å²) in [7, 11) is 1.32. The van der Waals surface area contributed by atoms with Crippen molar-refractivity contribution in [2.75, 3.05) is 25.1 Å². The number of nitrogens with one attached hydrogen (secondary N) is 1. The van der Waals surface area contributed by atoms with Gasteiger partial charge in [0.2, 0.25) is 5.91 Å². The van der Waals surface area contributed by atoms with Gasteiger partial charge in [-0.2, -0.15) is 0 Å². The van der Waals surface area contributed by atoms with Crippen LogP contribution in [0.1, 0.15) is 12.5 Å². The molecule has 0 spiro atoms. The molecule has 19 heavy (non-hydrogen) atoms. The number of methoxy groups -OCH3 is 1. The Morgan fingerprint density at radius 1 is 1.42 bits per heavy atom. The third-order valence-electron chi connectivity index (χ3n) is 3.27. The topological polar surface area (TPSA) is 58.6 Å². The number of carbonyl (C=O) groups excluding carboxylic acids is 2. The summed E-state index contributed by atoms with van der Waals surface area (Å²) >= 11 is 0. The third kappa shape index (κ3) is 3.05. The summed E-state index contributed by atoms with van der Waals surface area (Å²) in [4.78, 5) is 25.1.